The van der Waals surface area contributed by atoms with Gasteiger partial charge in [0.25, 0.3) is 0 Å². The number of aromatic amines is 1. The van der Waals surface area contributed by atoms with E-state index in [0.29, 0.717) is 37.6 Å². The Hall–Kier alpha value is -3.94. The van der Waals surface area contributed by atoms with Gasteiger partial charge in [-0.15, -0.1) is 0 Å². The van der Waals surface area contributed by atoms with Gasteiger partial charge in [-0.1, -0.05) is 48.0 Å². The van der Waals surface area contributed by atoms with Gasteiger partial charge < -0.3 is 15.8 Å². The van der Waals surface area contributed by atoms with Gasteiger partial charge in [0.15, 0.2) is 5.78 Å². The molecule has 0 spiro atoms. The third-order valence-corrected chi connectivity index (χ3v) is 5.32. The Balaban J connectivity index is 0.000000202. The van der Waals surface area contributed by atoms with E-state index in [-0.39, 0.29) is 16.9 Å². The fraction of sp³-hybridized carbons (Fsp3) is 0. The van der Waals surface area contributed by atoms with E-state index in [4.69, 9.17) is 34.0 Å². The van der Waals surface area contributed by atoms with Crippen LogP contribution in [0.2, 0.25) is 10.0 Å². The molecule has 1 aromatic heterocycles. The van der Waals surface area contributed by atoms with Crippen molar-refractivity contribution < 1.29 is 23.9 Å². The van der Waals surface area contributed by atoms with Crippen molar-refractivity contribution in [3.8, 4) is 0 Å². The third kappa shape index (κ3) is 5.51. The summed E-state index contributed by atoms with van der Waals surface area (Å²) in [7, 11) is 0. The lowest BCUT2D eigenvalue weighted by atomic mass is 9.98. The van der Waals surface area contributed by atoms with Crippen LogP contribution in [-0.4, -0.2) is 27.8 Å². The van der Waals surface area contributed by atoms with Gasteiger partial charge in [0, 0.05) is 38.8 Å². The summed E-state index contributed by atoms with van der Waals surface area (Å²) < 4.78 is 12.8. The Morgan fingerprint density at radius 3 is 2.21 bits per heavy atom. The Labute approximate surface area is 203 Å². The number of fused-ring (bicyclic) bond motifs is 1. The van der Waals surface area contributed by atoms with Crippen LogP contribution < -0.4 is 5.73 Å². The molecule has 34 heavy (non-hydrogen) atoms. The van der Waals surface area contributed by atoms with Crippen LogP contribution in [0.25, 0.3) is 16.5 Å². The highest BCUT2D eigenvalue weighted by molar-refractivity contribution is 6.39. The summed E-state index contributed by atoms with van der Waals surface area (Å²) in [5.74, 6) is -2.32. The van der Waals surface area contributed by atoms with E-state index in [1.807, 2.05) is 0 Å². The average molecular weight is 499 g/mol. The number of carboxylic acids is 1. The number of aromatic nitrogens is 1. The smallest absolute Gasteiger partial charge is 0.337 e. The summed E-state index contributed by atoms with van der Waals surface area (Å²) in [6, 6.07) is 14.9. The van der Waals surface area contributed by atoms with Crippen LogP contribution >= 0.6 is 23.2 Å². The highest BCUT2D eigenvalue weighted by Gasteiger charge is 2.14. The first-order chi connectivity index (χ1) is 16.1. The van der Waals surface area contributed by atoms with Crippen LogP contribution in [0.3, 0.4) is 0 Å². The predicted octanol–water partition coefficient (Wildman–Crippen LogP) is 5.73. The van der Waals surface area contributed by atoms with Crippen LogP contribution in [0.15, 0.2) is 73.4 Å². The van der Waals surface area contributed by atoms with Gasteiger partial charge in [-0.05, 0) is 48.0 Å². The monoisotopic (exact) mass is 498 g/mol. The molecule has 0 aliphatic heterocycles. The van der Waals surface area contributed by atoms with Gasteiger partial charge in [-0.2, -0.15) is 0 Å². The van der Waals surface area contributed by atoms with Crippen molar-refractivity contribution in [2.45, 2.75) is 0 Å². The Morgan fingerprint density at radius 1 is 0.941 bits per heavy atom. The van der Waals surface area contributed by atoms with Gasteiger partial charge in [0.2, 0.25) is 5.91 Å². The van der Waals surface area contributed by atoms with E-state index >= 15 is 0 Å². The molecule has 1 heterocycles. The summed E-state index contributed by atoms with van der Waals surface area (Å²) in [5.41, 5.74) is 7.32. The van der Waals surface area contributed by atoms with Crippen LogP contribution in [0.4, 0.5) is 4.39 Å². The van der Waals surface area contributed by atoms with Crippen molar-refractivity contribution in [1.29, 1.82) is 0 Å². The second kappa shape index (κ2) is 10.3. The first kappa shape index (κ1) is 24.7. The first-order valence-corrected chi connectivity index (χ1v) is 10.4. The lowest BCUT2D eigenvalue weighted by Gasteiger charge is -2.05. The molecular formula is C25H17Cl2FN2O4. The molecule has 0 aliphatic rings. The molecular weight excluding hydrogens is 482 g/mol. The van der Waals surface area contributed by atoms with Gasteiger partial charge in [0.1, 0.15) is 5.82 Å². The highest BCUT2D eigenvalue weighted by Crippen LogP contribution is 2.30. The number of rotatable bonds is 5. The quantitative estimate of drug-likeness (QED) is 0.241. The molecule has 0 saturated heterocycles. The predicted molar refractivity (Wildman–Crippen MR) is 130 cm³/mol. The van der Waals surface area contributed by atoms with E-state index in [2.05, 4.69) is 11.6 Å². The second-order valence-corrected chi connectivity index (χ2v) is 7.92. The maximum absolute atomic E-state index is 12.8. The van der Waals surface area contributed by atoms with Crippen molar-refractivity contribution in [2.75, 3.05) is 0 Å². The van der Waals surface area contributed by atoms with Crippen molar-refractivity contribution in [3.05, 3.63) is 112 Å². The zero-order chi connectivity index (χ0) is 25.0. The largest absolute Gasteiger partial charge is 0.478 e. The number of hydrogen-bond donors (Lipinski definition) is 3. The summed E-state index contributed by atoms with van der Waals surface area (Å²) in [6.07, 6.45) is 1.40. The van der Waals surface area contributed by atoms with Gasteiger partial charge in [0.05, 0.1) is 10.6 Å². The molecule has 6 nitrogen and oxygen atoms in total. The van der Waals surface area contributed by atoms with Gasteiger partial charge in [-0.3, -0.25) is 9.59 Å². The minimum atomic E-state index is -1.01. The van der Waals surface area contributed by atoms with Gasteiger partial charge in [-0.25, -0.2) is 9.18 Å². The number of ketones is 1. The molecule has 4 aromatic rings. The highest BCUT2D eigenvalue weighted by atomic mass is 35.5. The Morgan fingerprint density at radius 2 is 1.59 bits per heavy atom. The van der Waals surface area contributed by atoms with Crippen LogP contribution in [0.1, 0.15) is 31.8 Å². The lowest BCUT2D eigenvalue weighted by Crippen LogP contribution is -2.12. The molecule has 0 unspecified atom stereocenters. The topological polar surface area (TPSA) is 113 Å². The second-order valence-electron chi connectivity index (χ2n) is 7.08. The number of H-pyrrole nitrogens is 1. The summed E-state index contributed by atoms with van der Waals surface area (Å²) in [4.78, 5) is 36.9. The standard InChI is InChI=1S/C16H12FNO2.C9H5Cl2NO2/c1-10(16(18)20)12-3-2-4-13(9-12)15(19)11-5-7-14(17)8-6-11;10-4-1-6(11)8-5(9(13)14)3-12-7(8)2-4/h2-9H,1H2,(H2,18,20);1-3,12H,(H,13,14). The van der Waals surface area contributed by atoms with Crippen molar-refractivity contribution >= 4 is 57.3 Å². The molecule has 0 bridgehead atoms. The van der Waals surface area contributed by atoms with Gasteiger partial charge >= 0.3 is 5.97 Å². The molecule has 4 N–H and O–H groups in total. The number of primary amides is 1. The summed E-state index contributed by atoms with van der Waals surface area (Å²) >= 11 is 11.6. The number of carboxylic acid groups (broad SMARTS) is 1. The van der Waals surface area contributed by atoms with Crippen LogP contribution in [0, 0.1) is 5.82 Å². The molecule has 3 aromatic carbocycles. The van der Waals surface area contributed by atoms with Crippen molar-refractivity contribution in [1.82, 2.24) is 4.98 Å². The molecule has 0 atom stereocenters. The number of nitrogens with one attached hydrogen (secondary N) is 1. The summed E-state index contributed by atoms with van der Waals surface area (Å²) in [5, 5.41) is 10.2. The minimum absolute atomic E-state index is 0.138. The van der Waals surface area contributed by atoms with E-state index in [1.54, 1.807) is 30.3 Å². The fourth-order valence-electron chi connectivity index (χ4n) is 3.11. The first-order valence-electron chi connectivity index (χ1n) is 9.67. The number of carbonyl (C=O) groups excluding carboxylic acids is 2. The average Bonchev–Trinajstić information content (AvgIpc) is 3.23. The SMILES string of the molecule is C=C(C(N)=O)c1cccc(C(=O)c2ccc(F)cc2)c1.O=C(O)c1c[nH]c2cc(Cl)cc(Cl)c12. The van der Waals surface area contributed by atoms with E-state index in [1.165, 1.54) is 36.5 Å². The number of carbonyl (C=O) groups is 3. The molecule has 1 amide bonds. The number of amides is 1. The van der Waals surface area contributed by atoms with Crippen LogP contribution in [0.5, 0.6) is 0 Å². The number of hydrogen-bond acceptors (Lipinski definition) is 3. The van der Waals surface area contributed by atoms with Crippen molar-refractivity contribution in [2.24, 2.45) is 5.73 Å². The van der Waals surface area contributed by atoms with E-state index < -0.39 is 17.7 Å². The zero-order valence-electron chi connectivity index (χ0n) is 17.4. The maximum Gasteiger partial charge on any atom is 0.337 e. The molecule has 0 saturated carbocycles. The molecule has 0 aliphatic carbocycles. The lowest BCUT2D eigenvalue weighted by molar-refractivity contribution is -0.112. The molecule has 4 rings (SSSR count). The molecule has 0 radical (unpaired) electrons. The normalized spacial score (nSPS) is 10.3. The molecule has 9 heteroatoms. The van der Waals surface area contributed by atoms with E-state index in [9.17, 15) is 18.8 Å². The third-order valence-electron chi connectivity index (χ3n) is 4.80. The Bertz CT molecular complexity index is 1430. The maximum atomic E-state index is 12.8. The summed E-state index contributed by atoms with van der Waals surface area (Å²) in [6.45, 7) is 3.57. The number of benzene rings is 3. The fourth-order valence-corrected chi connectivity index (χ4v) is 3.71. The number of halogens is 3. The van der Waals surface area contributed by atoms with Crippen LogP contribution in [-0.2, 0) is 4.79 Å². The number of aromatic carboxylic acids is 1. The van der Waals surface area contributed by atoms with Crippen molar-refractivity contribution in [3.63, 3.8) is 0 Å². The van der Waals surface area contributed by atoms with E-state index in [0.717, 1.165) is 0 Å². The minimum Gasteiger partial charge on any atom is -0.478 e. The molecule has 0 fully saturated rings. The Kier molecular flexibility index (Phi) is 7.50. The number of nitrogens with two attached hydrogens (primary N) is 1. The zero-order valence-corrected chi connectivity index (χ0v) is 19.0. The molecule has 172 valence electrons.